The summed E-state index contributed by atoms with van der Waals surface area (Å²) < 4.78 is 10.4. The van der Waals surface area contributed by atoms with Gasteiger partial charge in [0.15, 0.2) is 0 Å². The van der Waals surface area contributed by atoms with Crippen LogP contribution < -0.4 is 5.32 Å². The van der Waals surface area contributed by atoms with Gasteiger partial charge in [-0.1, -0.05) is 20.3 Å². The van der Waals surface area contributed by atoms with Crippen LogP contribution in [0.3, 0.4) is 0 Å². The summed E-state index contributed by atoms with van der Waals surface area (Å²) >= 11 is 0. The van der Waals surface area contributed by atoms with Crippen molar-refractivity contribution in [1.29, 1.82) is 0 Å². The van der Waals surface area contributed by atoms with Crippen molar-refractivity contribution in [2.45, 2.75) is 39.2 Å². The molecule has 1 saturated carbocycles. The summed E-state index contributed by atoms with van der Waals surface area (Å²) in [5.41, 5.74) is 0. The van der Waals surface area contributed by atoms with Gasteiger partial charge in [-0.25, -0.2) is 0 Å². The van der Waals surface area contributed by atoms with Crippen LogP contribution in [-0.4, -0.2) is 39.5 Å². The van der Waals surface area contributed by atoms with Crippen LogP contribution in [-0.2, 0) is 9.47 Å². The molecule has 3 unspecified atom stereocenters. The maximum atomic E-state index is 5.44. The molecule has 0 aliphatic heterocycles. The molecular weight excluding hydrogens is 202 g/mol. The van der Waals surface area contributed by atoms with Crippen molar-refractivity contribution in [3.63, 3.8) is 0 Å². The van der Waals surface area contributed by atoms with Gasteiger partial charge in [0.2, 0.25) is 0 Å². The Kier molecular flexibility index (Phi) is 7.01. The molecule has 1 aliphatic rings. The molecule has 0 saturated heterocycles. The molecule has 0 bridgehead atoms. The van der Waals surface area contributed by atoms with Crippen LogP contribution in [0.4, 0.5) is 0 Å². The van der Waals surface area contributed by atoms with Crippen LogP contribution in [0.2, 0.25) is 0 Å². The van der Waals surface area contributed by atoms with E-state index in [4.69, 9.17) is 9.47 Å². The van der Waals surface area contributed by atoms with E-state index in [0.717, 1.165) is 25.0 Å². The van der Waals surface area contributed by atoms with Gasteiger partial charge in [0, 0.05) is 19.7 Å². The normalized spacial score (nSPS) is 30.6. The van der Waals surface area contributed by atoms with Crippen molar-refractivity contribution < 1.29 is 9.47 Å². The average Bonchev–Trinajstić information content (AvgIpc) is 2.28. The van der Waals surface area contributed by atoms with Gasteiger partial charge in [0.05, 0.1) is 19.8 Å². The zero-order valence-corrected chi connectivity index (χ0v) is 11.0. The molecule has 0 heterocycles. The van der Waals surface area contributed by atoms with E-state index >= 15 is 0 Å². The largest absolute Gasteiger partial charge is 0.382 e. The standard InChI is InChI=1S/C13H27NO2/c1-11-4-5-12(2)13(10-11)14-6-7-16-9-8-15-3/h11-14H,4-10H2,1-3H3. The molecule has 1 rings (SSSR count). The molecule has 0 radical (unpaired) electrons. The minimum absolute atomic E-state index is 0.690. The first-order valence-corrected chi connectivity index (χ1v) is 6.54. The first kappa shape index (κ1) is 13.9. The summed E-state index contributed by atoms with van der Waals surface area (Å²) in [5, 5.41) is 3.61. The molecule has 1 aliphatic carbocycles. The van der Waals surface area contributed by atoms with Gasteiger partial charge in [-0.3, -0.25) is 0 Å². The molecule has 0 aromatic heterocycles. The Hall–Kier alpha value is -0.120. The van der Waals surface area contributed by atoms with Gasteiger partial charge >= 0.3 is 0 Å². The average molecular weight is 229 g/mol. The molecule has 0 aromatic rings. The highest BCUT2D eigenvalue weighted by molar-refractivity contribution is 4.80. The van der Waals surface area contributed by atoms with Crippen molar-refractivity contribution in [3.05, 3.63) is 0 Å². The first-order chi connectivity index (χ1) is 7.74. The summed E-state index contributed by atoms with van der Waals surface area (Å²) in [6, 6.07) is 0.690. The molecule has 1 fully saturated rings. The molecule has 0 amide bonds. The van der Waals surface area contributed by atoms with Crippen LogP contribution in [0, 0.1) is 11.8 Å². The highest BCUT2D eigenvalue weighted by Crippen LogP contribution is 2.28. The van der Waals surface area contributed by atoms with Gasteiger partial charge < -0.3 is 14.8 Å². The molecule has 1 N–H and O–H groups in total. The summed E-state index contributed by atoms with van der Waals surface area (Å²) in [4.78, 5) is 0. The number of methoxy groups -OCH3 is 1. The smallest absolute Gasteiger partial charge is 0.0700 e. The van der Waals surface area contributed by atoms with Crippen molar-refractivity contribution >= 4 is 0 Å². The highest BCUT2D eigenvalue weighted by Gasteiger charge is 2.24. The van der Waals surface area contributed by atoms with E-state index in [0.29, 0.717) is 19.3 Å². The highest BCUT2D eigenvalue weighted by atomic mass is 16.5. The monoisotopic (exact) mass is 229 g/mol. The fourth-order valence-corrected chi connectivity index (χ4v) is 2.38. The molecule has 3 heteroatoms. The first-order valence-electron chi connectivity index (χ1n) is 6.54. The lowest BCUT2D eigenvalue weighted by Crippen LogP contribution is -2.41. The van der Waals surface area contributed by atoms with Crippen molar-refractivity contribution in [1.82, 2.24) is 5.32 Å². The van der Waals surface area contributed by atoms with Gasteiger partial charge in [-0.15, -0.1) is 0 Å². The summed E-state index contributed by atoms with van der Waals surface area (Å²) in [6.45, 7) is 7.86. The topological polar surface area (TPSA) is 30.5 Å². The Morgan fingerprint density at radius 3 is 2.69 bits per heavy atom. The van der Waals surface area contributed by atoms with Gasteiger partial charge in [-0.05, 0) is 24.7 Å². The van der Waals surface area contributed by atoms with E-state index in [1.54, 1.807) is 7.11 Å². The Morgan fingerprint density at radius 1 is 1.12 bits per heavy atom. The Bertz CT molecular complexity index is 175. The lowest BCUT2D eigenvalue weighted by Gasteiger charge is -2.33. The van der Waals surface area contributed by atoms with E-state index in [2.05, 4.69) is 19.2 Å². The minimum atomic E-state index is 0.690. The lowest BCUT2D eigenvalue weighted by molar-refractivity contribution is 0.0689. The molecule has 0 aromatic carbocycles. The maximum absolute atomic E-state index is 5.44. The number of hydrogen-bond donors (Lipinski definition) is 1. The summed E-state index contributed by atoms with van der Waals surface area (Å²) in [6.07, 6.45) is 4.08. The zero-order chi connectivity index (χ0) is 11.8. The SMILES string of the molecule is COCCOCCNC1CC(C)CCC1C. The lowest BCUT2D eigenvalue weighted by atomic mass is 9.80. The zero-order valence-electron chi connectivity index (χ0n) is 11.0. The predicted octanol–water partition coefficient (Wildman–Crippen LogP) is 2.06. The van der Waals surface area contributed by atoms with Crippen LogP contribution in [0.5, 0.6) is 0 Å². The minimum Gasteiger partial charge on any atom is -0.382 e. The quantitative estimate of drug-likeness (QED) is 0.678. The van der Waals surface area contributed by atoms with Crippen LogP contribution in [0.1, 0.15) is 33.1 Å². The van der Waals surface area contributed by atoms with Crippen LogP contribution in [0.25, 0.3) is 0 Å². The van der Waals surface area contributed by atoms with E-state index in [9.17, 15) is 0 Å². The number of nitrogens with one attached hydrogen (secondary N) is 1. The molecule has 16 heavy (non-hydrogen) atoms. The Balaban J connectivity index is 2.02. The summed E-state index contributed by atoms with van der Waals surface area (Å²) in [5.74, 6) is 1.69. The molecule has 3 nitrogen and oxygen atoms in total. The third-order valence-corrected chi connectivity index (χ3v) is 3.54. The second kappa shape index (κ2) is 8.04. The Morgan fingerprint density at radius 2 is 1.94 bits per heavy atom. The number of hydrogen-bond acceptors (Lipinski definition) is 3. The van der Waals surface area contributed by atoms with Gasteiger partial charge in [0.25, 0.3) is 0 Å². The third kappa shape index (κ3) is 5.28. The van der Waals surface area contributed by atoms with Crippen molar-refractivity contribution in [2.75, 3.05) is 33.5 Å². The number of rotatable bonds is 7. The van der Waals surface area contributed by atoms with E-state index in [1.807, 2.05) is 0 Å². The van der Waals surface area contributed by atoms with Crippen molar-refractivity contribution in [2.24, 2.45) is 11.8 Å². The van der Waals surface area contributed by atoms with Crippen molar-refractivity contribution in [3.8, 4) is 0 Å². The van der Waals surface area contributed by atoms with E-state index in [1.165, 1.54) is 19.3 Å². The second-order valence-electron chi connectivity index (χ2n) is 5.06. The molecule has 96 valence electrons. The predicted molar refractivity (Wildman–Crippen MR) is 66.7 cm³/mol. The molecule has 0 spiro atoms. The summed E-state index contributed by atoms with van der Waals surface area (Å²) in [7, 11) is 1.70. The second-order valence-corrected chi connectivity index (χ2v) is 5.06. The molecule has 3 atom stereocenters. The van der Waals surface area contributed by atoms with E-state index in [-0.39, 0.29) is 0 Å². The van der Waals surface area contributed by atoms with Crippen LogP contribution >= 0.6 is 0 Å². The fraction of sp³-hybridized carbons (Fsp3) is 1.00. The fourth-order valence-electron chi connectivity index (χ4n) is 2.38. The van der Waals surface area contributed by atoms with Gasteiger partial charge in [0.1, 0.15) is 0 Å². The van der Waals surface area contributed by atoms with Gasteiger partial charge in [-0.2, -0.15) is 0 Å². The Labute approximate surface area is 99.9 Å². The number of ether oxygens (including phenoxy) is 2. The third-order valence-electron chi connectivity index (χ3n) is 3.54. The maximum Gasteiger partial charge on any atom is 0.0700 e. The van der Waals surface area contributed by atoms with E-state index < -0.39 is 0 Å². The molecular formula is C13H27NO2. The van der Waals surface area contributed by atoms with Crippen LogP contribution in [0.15, 0.2) is 0 Å².